The molecular weight excluding hydrogens is 885 g/mol. The van der Waals surface area contributed by atoms with Gasteiger partial charge in [-0.25, -0.2) is 0 Å². The number of ether oxygens (including phenoxy) is 2. The van der Waals surface area contributed by atoms with Crippen molar-refractivity contribution in [1.82, 2.24) is 0 Å². The Morgan fingerprint density at radius 1 is 0.319 bits per heavy atom. The number of hydrogen-bond donors (Lipinski definition) is 1. The van der Waals surface area contributed by atoms with Crippen molar-refractivity contribution in [1.29, 1.82) is 0 Å². The van der Waals surface area contributed by atoms with Gasteiger partial charge in [-0.1, -0.05) is 276 Å². The van der Waals surface area contributed by atoms with Crippen LogP contribution in [0, 0.1) is 0 Å². The molecule has 5 heteroatoms. The van der Waals surface area contributed by atoms with Crippen LogP contribution < -0.4 is 0 Å². The largest absolute Gasteiger partial charge is 0.462 e. The van der Waals surface area contributed by atoms with E-state index in [9.17, 15) is 14.7 Å². The van der Waals surface area contributed by atoms with Crippen LogP contribution in [0.1, 0.15) is 258 Å². The molecule has 0 amide bonds. The molecule has 1 atom stereocenters. The molecule has 0 heterocycles. The minimum atomic E-state index is -0.801. The second kappa shape index (κ2) is 61.3. The molecule has 0 aromatic carbocycles. The minimum Gasteiger partial charge on any atom is -0.462 e. The van der Waals surface area contributed by atoms with Crippen LogP contribution in [0.3, 0.4) is 0 Å². The van der Waals surface area contributed by atoms with Crippen LogP contribution in [-0.2, 0) is 19.1 Å². The molecule has 72 heavy (non-hydrogen) atoms. The van der Waals surface area contributed by atoms with Gasteiger partial charge in [-0.3, -0.25) is 9.59 Å². The van der Waals surface area contributed by atoms with Crippen molar-refractivity contribution < 1.29 is 24.2 Å². The molecule has 0 aromatic heterocycles. The monoisotopic (exact) mass is 995 g/mol. The molecule has 0 rings (SSSR count). The molecule has 408 valence electrons. The smallest absolute Gasteiger partial charge is 0.306 e. The summed E-state index contributed by atoms with van der Waals surface area (Å²) in [6.45, 7) is 3.87. The summed E-state index contributed by atoms with van der Waals surface area (Å²) >= 11 is 0. The lowest BCUT2D eigenvalue weighted by atomic mass is 10.0. The average molecular weight is 996 g/mol. The summed E-state index contributed by atoms with van der Waals surface area (Å²) < 4.78 is 10.6. The van der Waals surface area contributed by atoms with Gasteiger partial charge in [0.05, 0.1) is 6.61 Å². The first kappa shape index (κ1) is 68.0. The van der Waals surface area contributed by atoms with Crippen molar-refractivity contribution >= 4 is 11.9 Å². The Bertz CT molecular complexity index is 1500. The van der Waals surface area contributed by atoms with Gasteiger partial charge in [0.15, 0.2) is 6.10 Å². The Hall–Kier alpha value is -3.96. The molecule has 1 N–H and O–H groups in total. The number of aliphatic hydroxyl groups is 1. The lowest BCUT2D eigenvalue weighted by Gasteiger charge is -2.15. The number of rotatable bonds is 53. The van der Waals surface area contributed by atoms with Crippen LogP contribution in [0.2, 0.25) is 0 Å². The standard InChI is InChI=1S/C67H110O5/c1-3-5-7-9-11-13-15-17-19-21-22-23-24-25-26-27-28-29-30-31-32-33-34-35-36-37-38-39-40-41-42-43-44-46-48-50-52-54-56-58-60-62-67(70)72-65(63-68)64-71-66(69)61-59-57-55-53-51-49-47-45-20-18-16-14-12-10-8-6-4-2/h5-8,11-14,17-20,22-23,25-26,28-29,47,49,53,55,65,68H,3-4,9-10,15-16,21,24,27,30-46,48,50-52,54,56-64H2,1-2H3/b7-5-,8-6-,13-11-,14-12-,19-17-,20-18-,23-22-,26-25-,29-28-,49-47-,55-53-. The number of esters is 2. The van der Waals surface area contributed by atoms with Gasteiger partial charge in [-0.05, 0) is 103 Å². The van der Waals surface area contributed by atoms with Crippen LogP contribution >= 0.6 is 0 Å². The quantitative estimate of drug-likeness (QED) is 0.0373. The third-order valence-electron chi connectivity index (χ3n) is 12.4. The minimum absolute atomic E-state index is 0.0994. The fourth-order valence-corrected chi connectivity index (χ4v) is 8.07. The van der Waals surface area contributed by atoms with E-state index in [0.29, 0.717) is 19.3 Å². The zero-order valence-electron chi connectivity index (χ0n) is 46.6. The lowest BCUT2D eigenvalue weighted by Crippen LogP contribution is -2.28. The predicted molar refractivity (Wildman–Crippen MR) is 315 cm³/mol. The molecule has 0 spiro atoms. The maximum absolute atomic E-state index is 12.3. The molecule has 0 saturated heterocycles. The normalized spacial score (nSPS) is 13.2. The highest BCUT2D eigenvalue weighted by molar-refractivity contribution is 5.70. The van der Waals surface area contributed by atoms with E-state index in [4.69, 9.17) is 9.47 Å². The number of hydrogen-bond acceptors (Lipinski definition) is 5. The van der Waals surface area contributed by atoms with Crippen LogP contribution in [-0.4, -0.2) is 36.4 Å². The van der Waals surface area contributed by atoms with E-state index in [1.54, 1.807) is 0 Å². The highest BCUT2D eigenvalue weighted by atomic mass is 16.6. The molecule has 0 aromatic rings. The van der Waals surface area contributed by atoms with Gasteiger partial charge in [-0.15, -0.1) is 0 Å². The number of unbranched alkanes of at least 4 members (excludes halogenated alkanes) is 23. The van der Waals surface area contributed by atoms with Gasteiger partial charge >= 0.3 is 11.9 Å². The number of carbonyl (C=O) groups is 2. The topological polar surface area (TPSA) is 72.8 Å². The van der Waals surface area contributed by atoms with E-state index in [-0.39, 0.29) is 25.2 Å². The Balaban J connectivity index is 3.48. The van der Waals surface area contributed by atoms with E-state index in [0.717, 1.165) is 96.3 Å². The molecule has 0 bridgehead atoms. The molecule has 5 nitrogen and oxygen atoms in total. The van der Waals surface area contributed by atoms with Crippen LogP contribution in [0.4, 0.5) is 0 Å². The molecule has 1 unspecified atom stereocenters. The first-order valence-corrected chi connectivity index (χ1v) is 29.7. The zero-order chi connectivity index (χ0) is 52.0. The SMILES string of the molecule is CC/C=C\C/C=C\C/C=C\C/C=C\C/C=C\C/C=C\CCCCCCCCCCCCCCCCCCCCCCCCC(=O)OC(CO)COC(=O)CCC/C=C\C/C=C\C/C=C\C/C=C\C/C=C\CC. The van der Waals surface area contributed by atoms with Gasteiger partial charge in [-0.2, -0.15) is 0 Å². The summed E-state index contributed by atoms with van der Waals surface area (Å²) in [5.74, 6) is -0.658. The van der Waals surface area contributed by atoms with Crippen LogP contribution in [0.25, 0.3) is 0 Å². The van der Waals surface area contributed by atoms with Crippen molar-refractivity contribution in [2.75, 3.05) is 13.2 Å². The molecule has 0 aliphatic heterocycles. The third-order valence-corrected chi connectivity index (χ3v) is 12.4. The molecule has 0 saturated carbocycles. The van der Waals surface area contributed by atoms with E-state index in [2.05, 4.69) is 148 Å². The summed E-state index contributed by atoms with van der Waals surface area (Å²) in [6, 6.07) is 0. The zero-order valence-corrected chi connectivity index (χ0v) is 46.6. The number of carbonyl (C=O) groups excluding carboxylic acids is 2. The third kappa shape index (κ3) is 58.6. The maximum atomic E-state index is 12.3. The van der Waals surface area contributed by atoms with Gasteiger partial charge in [0, 0.05) is 12.8 Å². The Morgan fingerprint density at radius 3 is 0.875 bits per heavy atom. The summed E-state index contributed by atoms with van der Waals surface area (Å²) in [7, 11) is 0. The van der Waals surface area contributed by atoms with Crippen molar-refractivity contribution in [3.8, 4) is 0 Å². The van der Waals surface area contributed by atoms with E-state index in [1.807, 2.05) is 0 Å². The fraction of sp³-hybridized carbons (Fsp3) is 0.642. The highest BCUT2D eigenvalue weighted by Crippen LogP contribution is 2.16. The Kier molecular flexibility index (Phi) is 58.0. The van der Waals surface area contributed by atoms with Crippen LogP contribution in [0.15, 0.2) is 134 Å². The fourth-order valence-electron chi connectivity index (χ4n) is 8.07. The maximum Gasteiger partial charge on any atom is 0.306 e. The highest BCUT2D eigenvalue weighted by Gasteiger charge is 2.16. The number of aliphatic hydroxyl groups excluding tert-OH is 1. The van der Waals surface area contributed by atoms with E-state index >= 15 is 0 Å². The van der Waals surface area contributed by atoms with Crippen molar-refractivity contribution in [2.45, 2.75) is 264 Å². The summed E-state index contributed by atoms with van der Waals surface area (Å²) in [6.07, 6.45) is 91.7. The first-order valence-electron chi connectivity index (χ1n) is 29.7. The van der Waals surface area contributed by atoms with Crippen molar-refractivity contribution in [3.05, 3.63) is 134 Å². The van der Waals surface area contributed by atoms with E-state index < -0.39 is 6.10 Å². The molecule has 0 aliphatic rings. The van der Waals surface area contributed by atoms with Gasteiger partial charge in [0.1, 0.15) is 6.61 Å². The summed E-state index contributed by atoms with van der Waals surface area (Å²) in [5.41, 5.74) is 0. The summed E-state index contributed by atoms with van der Waals surface area (Å²) in [5, 5.41) is 9.64. The average Bonchev–Trinajstić information content (AvgIpc) is 3.38. The predicted octanol–water partition coefficient (Wildman–Crippen LogP) is 20.4. The van der Waals surface area contributed by atoms with Crippen molar-refractivity contribution in [2.24, 2.45) is 0 Å². The van der Waals surface area contributed by atoms with Gasteiger partial charge in [0.2, 0.25) is 0 Å². The van der Waals surface area contributed by atoms with Crippen molar-refractivity contribution in [3.63, 3.8) is 0 Å². The molecular formula is C67H110O5. The summed E-state index contributed by atoms with van der Waals surface area (Å²) in [4.78, 5) is 24.5. The molecule has 0 aliphatic carbocycles. The van der Waals surface area contributed by atoms with Gasteiger partial charge < -0.3 is 14.6 Å². The second-order valence-electron chi connectivity index (χ2n) is 19.3. The number of allylic oxidation sites excluding steroid dienone is 22. The Labute approximate surface area is 445 Å². The second-order valence-corrected chi connectivity index (χ2v) is 19.3. The molecule has 0 fully saturated rings. The molecule has 0 radical (unpaired) electrons. The van der Waals surface area contributed by atoms with Crippen LogP contribution in [0.5, 0.6) is 0 Å². The first-order chi connectivity index (χ1) is 35.6. The Morgan fingerprint density at radius 2 is 0.569 bits per heavy atom. The van der Waals surface area contributed by atoms with E-state index in [1.165, 1.54) is 128 Å². The van der Waals surface area contributed by atoms with Gasteiger partial charge in [0.25, 0.3) is 0 Å². The lowest BCUT2D eigenvalue weighted by molar-refractivity contribution is -0.161.